The molecule has 0 amide bonds. The molecule has 2 aromatic rings. The highest BCUT2D eigenvalue weighted by atomic mass is 32.2. The molecule has 0 fully saturated rings. The van der Waals surface area contributed by atoms with Crippen LogP contribution >= 0.6 is 11.8 Å². The van der Waals surface area contributed by atoms with E-state index in [0.717, 1.165) is 4.90 Å². The Bertz CT molecular complexity index is 767. The normalized spacial score (nSPS) is 11.8. The zero-order valence-electron chi connectivity index (χ0n) is 12.7. The van der Waals surface area contributed by atoms with E-state index in [1.165, 1.54) is 23.7 Å². The van der Waals surface area contributed by atoms with Gasteiger partial charge in [0.25, 0.3) is 10.0 Å². The number of sulfonamides is 1. The van der Waals surface area contributed by atoms with Crippen LogP contribution in [0.5, 0.6) is 0 Å². The summed E-state index contributed by atoms with van der Waals surface area (Å²) >= 11 is 1.42. The number of hydrogen-bond acceptors (Lipinski definition) is 3. The Kier molecular flexibility index (Phi) is 5.26. The molecule has 2 rings (SSSR count). The van der Waals surface area contributed by atoms with E-state index >= 15 is 0 Å². The molecule has 0 radical (unpaired) electrons. The molecule has 0 saturated carbocycles. The molecule has 6 heteroatoms. The summed E-state index contributed by atoms with van der Waals surface area (Å²) in [7, 11) is -0.251. The highest BCUT2D eigenvalue weighted by Gasteiger charge is 2.17. The minimum absolute atomic E-state index is 0.221. The number of aryl methyl sites for hydroxylation is 1. The molecule has 0 N–H and O–H groups in total. The molecule has 0 atom stereocenters. The summed E-state index contributed by atoms with van der Waals surface area (Å²) in [5, 5.41) is 0. The number of benzene rings is 2. The van der Waals surface area contributed by atoms with Gasteiger partial charge < -0.3 is 4.90 Å². The molecule has 0 aliphatic rings. The van der Waals surface area contributed by atoms with Gasteiger partial charge in [0.1, 0.15) is 11.2 Å². The fraction of sp³-hybridized carbons (Fsp3) is 0.188. The maximum absolute atomic E-state index is 12.4. The molecular weight excluding hydrogens is 316 g/mol. The summed E-state index contributed by atoms with van der Waals surface area (Å²) in [6.07, 6.45) is 1.29. The molecule has 0 unspecified atom stereocenters. The van der Waals surface area contributed by atoms with Crippen molar-refractivity contribution in [3.05, 3.63) is 54.1 Å². The molecule has 4 nitrogen and oxygen atoms in total. The van der Waals surface area contributed by atoms with Crippen LogP contribution in [-0.4, -0.2) is 33.8 Å². The van der Waals surface area contributed by atoms with E-state index in [1.54, 1.807) is 37.2 Å². The third-order valence-electron chi connectivity index (χ3n) is 2.79. The van der Waals surface area contributed by atoms with Crippen LogP contribution in [0.15, 0.2) is 67.6 Å². The van der Waals surface area contributed by atoms with E-state index in [9.17, 15) is 8.42 Å². The van der Waals surface area contributed by atoms with Crippen LogP contribution < -0.4 is 0 Å². The van der Waals surface area contributed by atoms with Crippen molar-refractivity contribution in [1.29, 1.82) is 0 Å². The molecular formula is C16H18N2O2S2. The van der Waals surface area contributed by atoms with E-state index in [-0.39, 0.29) is 4.90 Å². The van der Waals surface area contributed by atoms with Crippen molar-refractivity contribution in [2.24, 2.45) is 4.40 Å². The van der Waals surface area contributed by atoms with Crippen molar-refractivity contribution in [3.63, 3.8) is 0 Å². The molecule has 22 heavy (non-hydrogen) atoms. The third kappa shape index (κ3) is 4.35. The van der Waals surface area contributed by atoms with Crippen molar-refractivity contribution in [2.45, 2.75) is 21.6 Å². The standard InChI is InChI=1S/C16H18N2O2S2/c1-13-8-10-14(11-9-13)21-15-6-4-5-7-16(15)22(19,20)17-12-18(2)3/h4-12H,1-3H3/b17-12+. The Balaban J connectivity index is 2.36. The Morgan fingerprint density at radius 3 is 2.32 bits per heavy atom. The Morgan fingerprint density at radius 2 is 1.68 bits per heavy atom. The molecule has 0 aliphatic heterocycles. The lowest BCUT2D eigenvalue weighted by molar-refractivity contribution is 0.593. The molecule has 0 aromatic heterocycles. The summed E-state index contributed by atoms with van der Waals surface area (Å²) < 4.78 is 28.4. The maximum atomic E-state index is 12.4. The maximum Gasteiger partial charge on any atom is 0.284 e. The molecule has 2 aromatic carbocycles. The van der Waals surface area contributed by atoms with Gasteiger partial charge in [0.05, 0.1) is 0 Å². The van der Waals surface area contributed by atoms with E-state index in [0.29, 0.717) is 4.90 Å². The zero-order valence-corrected chi connectivity index (χ0v) is 14.4. The molecule has 0 heterocycles. The van der Waals surface area contributed by atoms with E-state index < -0.39 is 10.0 Å². The first-order valence-corrected chi connectivity index (χ1v) is 8.94. The molecule has 116 valence electrons. The lowest BCUT2D eigenvalue weighted by Crippen LogP contribution is -2.10. The summed E-state index contributed by atoms with van der Waals surface area (Å²) in [4.78, 5) is 3.47. The Labute approximate surface area is 135 Å². The number of rotatable bonds is 5. The second-order valence-corrected chi connectivity index (χ2v) is 7.74. The van der Waals surface area contributed by atoms with Crippen LogP contribution in [0.25, 0.3) is 0 Å². The fourth-order valence-corrected chi connectivity index (χ4v) is 3.98. The largest absolute Gasteiger partial charge is 0.368 e. The van der Waals surface area contributed by atoms with Gasteiger partial charge in [0.2, 0.25) is 0 Å². The second-order valence-electron chi connectivity index (χ2n) is 5.02. The van der Waals surface area contributed by atoms with Gasteiger partial charge in [-0.3, -0.25) is 0 Å². The van der Waals surface area contributed by atoms with Gasteiger partial charge in [-0.15, -0.1) is 4.40 Å². The van der Waals surface area contributed by atoms with Gasteiger partial charge in [-0.25, -0.2) is 0 Å². The van der Waals surface area contributed by atoms with Crippen LogP contribution in [0, 0.1) is 6.92 Å². The zero-order chi connectivity index (χ0) is 16.2. The van der Waals surface area contributed by atoms with E-state index in [4.69, 9.17) is 0 Å². The first kappa shape index (κ1) is 16.6. The van der Waals surface area contributed by atoms with Gasteiger partial charge >= 0.3 is 0 Å². The second kappa shape index (κ2) is 6.98. The van der Waals surface area contributed by atoms with Gasteiger partial charge in [-0.05, 0) is 31.2 Å². The Morgan fingerprint density at radius 1 is 1.05 bits per heavy atom. The lowest BCUT2D eigenvalue weighted by Gasteiger charge is -2.08. The smallest absolute Gasteiger partial charge is 0.284 e. The number of nitrogens with zero attached hydrogens (tertiary/aromatic N) is 2. The summed E-state index contributed by atoms with van der Waals surface area (Å²) in [5.41, 5.74) is 1.17. The molecule has 0 spiro atoms. The minimum atomic E-state index is -3.71. The predicted octanol–water partition coefficient (Wildman–Crippen LogP) is 3.42. The molecule has 0 saturated heterocycles. The van der Waals surface area contributed by atoms with Crippen molar-refractivity contribution >= 4 is 28.1 Å². The minimum Gasteiger partial charge on any atom is -0.368 e. The van der Waals surface area contributed by atoms with Crippen LogP contribution in [0.4, 0.5) is 0 Å². The lowest BCUT2D eigenvalue weighted by atomic mass is 10.2. The van der Waals surface area contributed by atoms with Gasteiger partial charge in [-0.2, -0.15) is 8.42 Å². The van der Waals surface area contributed by atoms with Crippen molar-refractivity contribution in [1.82, 2.24) is 4.90 Å². The highest BCUT2D eigenvalue weighted by Crippen LogP contribution is 2.33. The van der Waals surface area contributed by atoms with Crippen LogP contribution in [-0.2, 0) is 10.0 Å². The van der Waals surface area contributed by atoms with Crippen LogP contribution in [0.2, 0.25) is 0 Å². The van der Waals surface area contributed by atoms with Gasteiger partial charge in [0, 0.05) is 23.9 Å². The number of hydrogen-bond donors (Lipinski definition) is 0. The van der Waals surface area contributed by atoms with Gasteiger partial charge in [0.15, 0.2) is 0 Å². The van der Waals surface area contributed by atoms with E-state index in [2.05, 4.69) is 4.40 Å². The average Bonchev–Trinajstić information content (AvgIpc) is 2.48. The van der Waals surface area contributed by atoms with Crippen LogP contribution in [0.3, 0.4) is 0 Å². The summed E-state index contributed by atoms with van der Waals surface area (Å²) in [6.45, 7) is 2.02. The van der Waals surface area contributed by atoms with Gasteiger partial charge in [-0.1, -0.05) is 41.6 Å². The molecule has 0 bridgehead atoms. The van der Waals surface area contributed by atoms with Crippen molar-refractivity contribution in [2.75, 3.05) is 14.1 Å². The first-order valence-electron chi connectivity index (χ1n) is 6.69. The topological polar surface area (TPSA) is 49.7 Å². The summed E-state index contributed by atoms with van der Waals surface area (Å²) in [6, 6.07) is 14.9. The Hall–Kier alpha value is -1.79. The molecule has 0 aliphatic carbocycles. The van der Waals surface area contributed by atoms with E-state index in [1.807, 2.05) is 37.3 Å². The first-order chi connectivity index (χ1) is 10.4. The van der Waals surface area contributed by atoms with Crippen molar-refractivity contribution in [3.8, 4) is 0 Å². The highest BCUT2D eigenvalue weighted by molar-refractivity contribution is 8.00. The average molecular weight is 334 g/mol. The summed E-state index contributed by atoms with van der Waals surface area (Å²) in [5.74, 6) is 0. The fourth-order valence-electron chi connectivity index (χ4n) is 1.69. The third-order valence-corrected chi connectivity index (χ3v) is 5.29. The SMILES string of the molecule is Cc1ccc(Sc2ccccc2S(=O)(=O)/N=C/N(C)C)cc1. The monoisotopic (exact) mass is 334 g/mol. The van der Waals surface area contributed by atoms with Crippen LogP contribution in [0.1, 0.15) is 5.56 Å². The predicted molar refractivity (Wildman–Crippen MR) is 91.1 cm³/mol. The quantitative estimate of drug-likeness (QED) is 0.621. The van der Waals surface area contributed by atoms with Crippen molar-refractivity contribution < 1.29 is 8.42 Å².